The van der Waals surface area contributed by atoms with E-state index < -0.39 is 0 Å². The van der Waals surface area contributed by atoms with Crippen molar-refractivity contribution >= 4 is 17.7 Å². The molecule has 26 heavy (non-hydrogen) atoms. The summed E-state index contributed by atoms with van der Waals surface area (Å²) in [5.74, 6) is 2.93. The number of carbonyl (C=O) groups excluding carboxylic acids is 1. The highest BCUT2D eigenvalue weighted by Gasteiger charge is 2.32. The molecule has 1 fully saturated rings. The van der Waals surface area contributed by atoms with Crippen molar-refractivity contribution in [3.63, 3.8) is 0 Å². The van der Waals surface area contributed by atoms with Crippen LogP contribution in [0.1, 0.15) is 16.5 Å². The van der Waals surface area contributed by atoms with E-state index in [9.17, 15) is 4.79 Å². The predicted octanol–water partition coefficient (Wildman–Crippen LogP) is 3.53. The molecule has 0 radical (unpaired) electrons. The minimum Gasteiger partial charge on any atom is -0.497 e. The fraction of sp³-hybridized carbons (Fsp3) is 0.350. The molecule has 3 rings (SSSR count). The Labute approximate surface area is 158 Å². The smallest absolute Gasteiger partial charge is 0.233 e. The third-order valence-corrected chi connectivity index (χ3v) is 5.71. The molecule has 0 bridgehead atoms. The molecule has 0 saturated carbocycles. The topological polar surface area (TPSA) is 48.0 Å². The molecule has 1 aliphatic rings. The Morgan fingerprint density at radius 1 is 1.00 bits per heavy atom. The quantitative estimate of drug-likeness (QED) is 0.743. The fourth-order valence-electron chi connectivity index (χ4n) is 3.03. The summed E-state index contributed by atoms with van der Waals surface area (Å²) in [4.78, 5) is 14.3. The zero-order valence-corrected chi connectivity index (χ0v) is 16.0. The Kier molecular flexibility index (Phi) is 5.93. The number of benzene rings is 2. The minimum absolute atomic E-state index is 0.0496. The molecular formula is C20H23NO4S. The van der Waals surface area contributed by atoms with Crippen molar-refractivity contribution in [1.82, 2.24) is 4.90 Å². The van der Waals surface area contributed by atoms with E-state index in [1.807, 2.05) is 47.4 Å². The first kappa shape index (κ1) is 18.5. The van der Waals surface area contributed by atoms with Crippen LogP contribution in [0.5, 0.6) is 17.2 Å². The first-order valence-corrected chi connectivity index (χ1v) is 9.47. The SMILES string of the molecule is COc1ccc([C@H]2SCC(=O)N2CCc2ccc(OC)c(OC)c2)cc1. The zero-order valence-electron chi connectivity index (χ0n) is 15.2. The average Bonchev–Trinajstić information content (AvgIpc) is 3.06. The standard InChI is InChI=1S/C20H23NO4S/c1-23-16-7-5-15(6-8-16)20-21(19(22)13-26-20)11-10-14-4-9-17(24-2)18(12-14)25-3/h4-9,12,20H,10-11,13H2,1-3H3/t20-/m1/s1. The van der Waals surface area contributed by atoms with Gasteiger partial charge < -0.3 is 19.1 Å². The molecule has 1 saturated heterocycles. The maximum absolute atomic E-state index is 12.4. The van der Waals surface area contributed by atoms with E-state index in [1.54, 1.807) is 33.1 Å². The van der Waals surface area contributed by atoms with Crippen LogP contribution in [0.3, 0.4) is 0 Å². The number of nitrogens with zero attached hydrogens (tertiary/aromatic N) is 1. The van der Waals surface area contributed by atoms with Gasteiger partial charge in [0, 0.05) is 6.54 Å². The van der Waals surface area contributed by atoms with E-state index in [-0.39, 0.29) is 11.3 Å². The van der Waals surface area contributed by atoms with Crippen LogP contribution >= 0.6 is 11.8 Å². The summed E-state index contributed by atoms with van der Waals surface area (Å²) in [5.41, 5.74) is 2.23. The lowest BCUT2D eigenvalue weighted by atomic mass is 10.1. The first-order valence-electron chi connectivity index (χ1n) is 8.42. The molecule has 2 aromatic carbocycles. The van der Waals surface area contributed by atoms with E-state index in [4.69, 9.17) is 14.2 Å². The number of ether oxygens (including phenoxy) is 3. The summed E-state index contributed by atoms with van der Waals surface area (Å²) in [5, 5.41) is 0.0496. The summed E-state index contributed by atoms with van der Waals surface area (Å²) in [6.07, 6.45) is 0.763. The second-order valence-electron chi connectivity index (χ2n) is 5.96. The van der Waals surface area contributed by atoms with Crippen molar-refractivity contribution in [3.05, 3.63) is 53.6 Å². The zero-order chi connectivity index (χ0) is 18.5. The van der Waals surface area contributed by atoms with Crippen LogP contribution in [0.25, 0.3) is 0 Å². The number of rotatable bonds is 7. The third-order valence-electron chi connectivity index (χ3n) is 4.46. The van der Waals surface area contributed by atoms with Gasteiger partial charge in [0.1, 0.15) is 11.1 Å². The van der Waals surface area contributed by atoms with E-state index in [2.05, 4.69) is 0 Å². The largest absolute Gasteiger partial charge is 0.497 e. The van der Waals surface area contributed by atoms with Gasteiger partial charge in [-0.2, -0.15) is 0 Å². The van der Waals surface area contributed by atoms with Crippen LogP contribution < -0.4 is 14.2 Å². The van der Waals surface area contributed by atoms with E-state index >= 15 is 0 Å². The fourth-order valence-corrected chi connectivity index (χ4v) is 4.25. The number of thioether (sulfide) groups is 1. The number of carbonyl (C=O) groups is 1. The molecule has 1 aliphatic heterocycles. The Hall–Kier alpha value is -2.34. The monoisotopic (exact) mass is 373 g/mol. The lowest BCUT2D eigenvalue weighted by Crippen LogP contribution is -2.30. The molecule has 0 unspecified atom stereocenters. The number of hydrogen-bond donors (Lipinski definition) is 0. The Morgan fingerprint density at radius 3 is 2.38 bits per heavy atom. The van der Waals surface area contributed by atoms with Gasteiger partial charge in [-0.1, -0.05) is 18.2 Å². The van der Waals surface area contributed by atoms with Gasteiger partial charge in [-0.15, -0.1) is 11.8 Å². The molecule has 1 amide bonds. The van der Waals surface area contributed by atoms with Crippen LogP contribution in [0.4, 0.5) is 0 Å². The highest BCUT2D eigenvalue weighted by Crippen LogP contribution is 2.39. The van der Waals surface area contributed by atoms with Gasteiger partial charge in [-0.3, -0.25) is 4.79 Å². The first-order chi connectivity index (χ1) is 12.7. The second kappa shape index (κ2) is 8.36. The van der Waals surface area contributed by atoms with Crippen molar-refractivity contribution in [1.29, 1.82) is 0 Å². The van der Waals surface area contributed by atoms with Gasteiger partial charge in [-0.05, 0) is 41.8 Å². The summed E-state index contributed by atoms with van der Waals surface area (Å²) >= 11 is 1.66. The second-order valence-corrected chi connectivity index (χ2v) is 7.03. The highest BCUT2D eigenvalue weighted by atomic mass is 32.2. The number of methoxy groups -OCH3 is 3. The molecule has 0 spiro atoms. The minimum atomic E-state index is 0.0496. The van der Waals surface area contributed by atoms with Crippen molar-refractivity contribution in [2.75, 3.05) is 33.6 Å². The van der Waals surface area contributed by atoms with Gasteiger partial charge in [0.05, 0.1) is 27.1 Å². The summed E-state index contributed by atoms with van der Waals surface area (Å²) in [7, 11) is 4.90. The molecule has 0 aliphatic carbocycles. The molecule has 138 valence electrons. The van der Waals surface area contributed by atoms with Gasteiger partial charge in [-0.25, -0.2) is 0 Å². The molecule has 0 aromatic heterocycles. The molecule has 1 heterocycles. The Balaban J connectivity index is 1.71. The summed E-state index contributed by atoms with van der Waals surface area (Å²) in [6, 6.07) is 13.8. The van der Waals surface area contributed by atoms with Crippen LogP contribution in [-0.4, -0.2) is 44.4 Å². The van der Waals surface area contributed by atoms with E-state index in [1.165, 1.54) is 0 Å². The number of amides is 1. The summed E-state index contributed by atoms with van der Waals surface area (Å²) in [6.45, 7) is 0.665. The molecule has 0 N–H and O–H groups in total. The van der Waals surface area contributed by atoms with Gasteiger partial charge >= 0.3 is 0 Å². The summed E-state index contributed by atoms with van der Waals surface area (Å²) < 4.78 is 15.9. The van der Waals surface area contributed by atoms with Crippen LogP contribution in [-0.2, 0) is 11.2 Å². The van der Waals surface area contributed by atoms with Gasteiger partial charge in [0.15, 0.2) is 11.5 Å². The van der Waals surface area contributed by atoms with Crippen molar-refractivity contribution < 1.29 is 19.0 Å². The molecule has 5 nitrogen and oxygen atoms in total. The molecule has 1 atom stereocenters. The molecule has 2 aromatic rings. The van der Waals surface area contributed by atoms with Crippen LogP contribution in [0.15, 0.2) is 42.5 Å². The van der Waals surface area contributed by atoms with Crippen molar-refractivity contribution in [2.45, 2.75) is 11.8 Å². The van der Waals surface area contributed by atoms with E-state index in [0.717, 1.165) is 23.3 Å². The maximum atomic E-state index is 12.4. The lowest BCUT2D eigenvalue weighted by molar-refractivity contribution is -0.128. The maximum Gasteiger partial charge on any atom is 0.233 e. The van der Waals surface area contributed by atoms with Gasteiger partial charge in [0.25, 0.3) is 0 Å². The van der Waals surface area contributed by atoms with Crippen molar-refractivity contribution in [2.24, 2.45) is 0 Å². The molecule has 6 heteroatoms. The highest BCUT2D eigenvalue weighted by molar-refractivity contribution is 8.00. The van der Waals surface area contributed by atoms with Crippen LogP contribution in [0, 0.1) is 0 Å². The normalized spacial score (nSPS) is 16.7. The predicted molar refractivity (Wildman–Crippen MR) is 103 cm³/mol. The Bertz CT molecular complexity index is 763. The van der Waals surface area contributed by atoms with Crippen molar-refractivity contribution in [3.8, 4) is 17.2 Å². The van der Waals surface area contributed by atoms with Gasteiger partial charge in [0.2, 0.25) is 5.91 Å². The average molecular weight is 373 g/mol. The third kappa shape index (κ3) is 3.90. The molecular weight excluding hydrogens is 350 g/mol. The lowest BCUT2D eigenvalue weighted by Gasteiger charge is -2.24. The number of hydrogen-bond acceptors (Lipinski definition) is 5. The van der Waals surface area contributed by atoms with E-state index in [0.29, 0.717) is 23.8 Å². The van der Waals surface area contributed by atoms with Crippen LogP contribution in [0.2, 0.25) is 0 Å². The Morgan fingerprint density at radius 2 is 1.73 bits per heavy atom.